The number of benzene rings is 5. The van der Waals surface area contributed by atoms with Gasteiger partial charge in [-0.3, -0.25) is 81.5 Å². The molecular weight excluding hydrogens is 1780 g/mol. The van der Waals surface area contributed by atoms with Gasteiger partial charge in [-0.25, -0.2) is 13.2 Å². The van der Waals surface area contributed by atoms with E-state index in [1.54, 1.807) is 98.0 Å². The summed E-state index contributed by atoms with van der Waals surface area (Å²) in [5, 5.41) is 65.8. The number of likely N-dealkylation sites (N-methyl/N-ethyl adjacent to an activating group) is 3. The van der Waals surface area contributed by atoms with Crippen LogP contribution in [0.3, 0.4) is 0 Å². The van der Waals surface area contributed by atoms with E-state index in [4.69, 9.17) is 16.2 Å². The maximum Gasteiger partial charge on any atom is 0.305 e. The molecule has 0 radical (unpaired) electrons. The first-order valence-electron chi connectivity index (χ1n) is 44.2. The molecule has 43 heteroatoms. The fourth-order valence-corrected chi connectivity index (χ4v) is 17.0. The largest absolute Gasteiger partial charge is 0.508 e. The van der Waals surface area contributed by atoms with Crippen molar-refractivity contribution in [3.8, 4) is 5.75 Å². The van der Waals surface area contributed by atoms with Crippen molar-refractivity contribution in [2.24, 2.45) is 17.4 Å². The first kappa shape index (κ1) is 105. The second-order valence-corrected chi connectivity index (χ2v) is 34.9. The zero-order valence-corrected chi connectivity index (χ0v) is 76.2. The van der Waals surface area contributed by atoms with Crippen molar-refractivity contribution in [3.63, 3.8) is 0 Å². The number of H-pyrrole nitrogens is 1. The van der Waals surface area contributed by atoms with Crippen LogP contribution in [-0.2, 0) is 118 Å². The number of nitrogens with two attached hydrogens (primary N) is 2. The van der Waals surface area contributed by atoms with Crippen LogP contribution >= 0.6 is 11.8 Å². The number of hydrogen-bond acceptors (Lipinski definition) is 22. The number of aromatic hydroxyl groups is 1. The number of aliphatic carboxylic acids is 2. The van der Waals surface area contributed by atoms with E-state index in [2.05, 4.69) is 52.8 Å². The quantitative estimate of drug-likeness (QED) is 0.0325. The Labute approximate surface area is 780 Å². The maximum absolute atomic E-state index is 15.7. The van der Waals surface area contributed by atoms with Crippen molar-refractivity contribution < 1.29 is 120 Å². The minimum absolute atomic E-state index is 0.000215. The number of unbranched alkanes of at least 4 members (excludes halogenated alkanes) is 1. The van der Waals surface area contributed by atoms with Gasteiger partial charge < -0.3 is 114 Å². The van der Waals surface area contributed by atoms with Crippen LogP contribution in [0.15, 0.2) is 128 Å². The zero-order valence-electron chi connectivity index (χ0n) is 75.4. The van der Waals surface area contributed by atoms with Crippen LogP contribution in [-0.4, -0.2) is 307 Å². The third kappa shape index (κ3) is 29.5. The Kier molecular flexibility index (Phi) is 38.9. The fraction of sp³-hybridized carbons (Fsp3) is 0.467. The number of halogens is 3. The van der Waals surface area contributed by atoms with Crippen LogP contribution in [0, 0.1) is 23.4 Å². The summed E-state index contributed by atoms with van der Waals surface area (Å²) in [5.74, 6) is -26.9. The highest BCUT2D eigenvalue weighted by Crippen LogP contribution is 2.28. The standard InChI is InChI=1S/C92H116F3N17O22S/c1-7-8-25-69-91(132)112-46-57(114)42-71(112)86(127)105-66(43-77(119)120)84(125)107-79(50(2)3)92(133)109(5)70(39-51-18-11-9-12-19-51)85(126)102-63(30-31-76(117)118)89(130)111-33-34-134-47-73(111)87(128)104-65(41-55-44-98-61-23-16-15-22-58(55)61)83(124)103-64(37-53-26-28-56(113)29-27-53)82(123)101-62(24-17-32-96)81(122)106-68(80(121)99-45-74(97)115)48-135-49-75(116)100-67(38-54-35-59(93)78(95)60(94)36-54)88(129)110(6)72(90(131)108(69)4)40-52-20-13-10-14-21-52/h9-16,18-23,26-29,35-36,44,50,57,62-73,79,98,113-114H,7-8,17,24-25,30-34,37-43,45-49,96H2,1-6H3,(H2,97,115)(H,99,121)(H,100,116)(H,101,123)(H,102,126)(H,103,124)(H,104,128)(H,105,127)(H,106,122)(H,107,125)(H,117,118)(H,119,120)/t57-,62-,63-,64-,65-,66-,67-,68-,69-,70-,71+,72-,73+,79-/m0/s1. The number of nitrogens with one attached hydrogen (secondary N) is 10. The highest BCUT2D eigenvalue weighted by molar-refractivity contribution is 8.00. The molecule has 0 unspecified atom stereocenters. The number of hydrogen-bond donors (Lipinski definition) is 16. The molecule has 3 fully saturated rings. The number of phenolic OH excluding ortho intramolecular Hbond substituents is 1. The molecule has 3 aliphatic rings. The lowest BCUT2D eigenvalue weighted by atomic mass is 9.98. The average molecular weight is 1900 g/mol. The Morgan fingerprint density at radius 1 is 0.548 bits per heavy atom. The summed E-state index contributed by atoms with van der Waals surface area (Å²) >= 11 is 0.630. The van der Waals surface area contributed by atoms with Crippen LogP contribution in [0.2, 0.25) is 0 Å². The van der Waals surface area contributed by atoms with Crippen LogP contribution < -0.4 is 59.3 Å². The molecule has 0 aliphatic carbocycles. The molecule has 135 heavy (non-hydrogen) atoms. The lowest BCUT2D eigenvalue weighted by molar-refractivity contribution is -0.152. The lowest BCUT2D eigenvalue weighted by Gasteiger charge is -2.38. The van der Waals surface area contributed by atoms with Gasteiger partial charge in [0.1, 0.15) is 84.3 Å². The van der Waals surface area contributed by atoms with E-state index in [1.165, 1.54) is 52.2 Å². The Hall–Kier alpha value is -13.6. The number of carboxylic acid groups (broad SMARTS) is 2. The van der Waals surface area contributed by atoms with E-state index in [-0.39, 0.29) is 63.8 Å². The number of primary amides is 1. The topological polar surface area (TPSA) is 573 Å². The molecule has 728 valence electrons. The van der Waals surface area contributed by atoms with Gasteiger partial charge in [0, 0.05) is 102 Å². The van der Waals surface area contributed by atoms with Gasteiger partial charge in [0.15, 0.2) is 17.5 Å². The van der Waals surface area contributed by atoms with E-state index in [1.807, 2.05) is 0 Å². The predicted molar refractivity (Wildman–Crippen MR) is 483 cm³/mol. The van der Waals surface area contributed by atoms with Crippen LogP contribution in [0.1, 0.15) is 106 Å². The minimum Gasteiger partial charge on any atom is -0.508 e. The first-order chi connectivity index (χ1) is 64.2. The molecule has 1 aromatic heterocycles. The number of morpholine rings is 1. The number of fused-ring (bicyclic) bond motifs is 3. The molecule has 5 aromatic carbocycles. The maximum atomic E-state index is 15.7. The van der Waals surface area contributed by atoms with E-state index < -0.39 is 290 Å². The normalized spacial score (nSPS) is 24.0. The number of carboxylic acids is 2. The van der Waals surface area contributed by atoms with Gasteiger partial charge in [0.2, 0.25) is 88.6 Å². The summed E-state index contributed by atoms with van der Waals surface area (Å²) in [6.45, 7) is 2.06. The van der Waals surface area contributed by atoms with E-state index >= 15 is 51.9 Å². The van der Waals surface area contributed by atoms with Crippen molar-refractivity contribution in [3.05, 3.63) is 173 Å². The number of aliphatic hydroxyl groups excluding tert-OH is 1. The van der Waals surface area contributed by atoms with Crippen LogP contribution in [0.4, 0.5) is 13.2 Å². The number of phenols is 1. The molecule has 14 atom stereocenters. The van der Waals surface area contributed by atoms with Gasteiger partial charge in [0.25, 0.3) is 0 Å². The van der Waals surface area contributed by atoms with E-state index in [0.29, 0.717) is 63.5 Å². The Balaban J connectivity index is 1.14. The van der Waals surface area contributed by atoms with Crippen molar-refractivity contribution in [1.82, 2.24) is 77.3 Å². The minimum atomic E-state index is -2.07. The fourth-order valence-electron chi connectivity index (χ4n) is 16.1. The number of amides is 15. The second kappa shape index (κ2) is 50.0. The first-order valence-corrected chi connectivity index (χ1v) is 45.3. The highest BCUT2D eigenvalue weighted by atomic mass is 32.2. The van der Waals surface area contributed by atoms with Crippen molar-refractivity contribution in [2.45, 2.75) is 195 Å². The predicted octanol–water partition coefficient (Wildman–Crippen LogP) is -0.374. The van der Waals surface area contributed by atoms with E-state index in [9.17, 15) is 63.2 Å². The highest BCUT2D eigenvalue weighted by Gasteiger charge is 2.48. The second-order valence-electron chi connectivity index (χ2n) is 33.8. The van der Waals surface area contributed by atoms with Gasteiger partial charge in [-0.05, 0) is 96.3 Å². The summed E-state index contributed by atoms with van der Waals surface area (Å²) in [6.07, 6.45) is -5.09. The number of nitrogens with zero attached hydrogens (tertiary/aromatic N) is 5. The SMILES string of the molecule is CCCC[C@H]1C(=O)N2C[C@@H](O)C[C@@H]2C(=O)N[C@@H](CC(=O)O)C(=O)N[C@@H](C(C)C)C(=O)N(C)[C@@H](Cc2ccccc2)C(=O)N[C@@H](CCC(=O)O)C(=O)N2CCOC[C@@H]2C(=O)N[C@@H](Cc2c[nH]c3ccccc23)C(=O)N[C@@H](Cc2ccc(O)cc2)C(=O)N[C@@H](CCCN)C(=O)N[C@H](C(=O)NCC(N)=O)CSCC(=O)N[C@@H](Cc2cc(F)c(F)c(F)c2)C(=O)N(C)[C@@H](Cc2ccccc2)C(=O)N1C. The molecule has 0 spiro atoms. The zero-order chi connectivity index (χ0) is 98.6. The lowest BCUT2D eigenvalue weighted by Crippen LogP contribution is -2.64. The molecule has 9 rings (SSSR count). The molecule has 0 bridgehead atoms. The number of aromatic nitrogens is 1. The van der Waals surface area contributed by atoms with Gasteiger partial charge in [-0.2, -0.15) is 0 Å². The Bertz CT molecular complexity index is 5240. The van der Waals surface area contributed by atoms with Crippen molar-refractivity contribution in [1.29, 1.82) is 0 Å². The van der Waals surface area contributed by atoms with Gasteiger partial charge in [-0.15, -0.1) is 11.8 Å². The molecule has 6 aromatic rings. The monoisotopic (exact) mass is 1900 g/mol. The smallest absolute Gasteiger partial charge is 0.305 e. The molecular formula is C92H116F3N17O22S. The number of aliphatic hydroxyl groups is 1. The summed E-state index contributed by atoms with van der Waals surface area (Å²) in [6, 6.07) is 6.93. The molecule has 15 amide bonds. The Morgan fingerprint density at radius 3 is 1.73 bits per heavy atom. The molecule has 4 heterocycles. The number of rotatable bonds is 25. The molecule has 3 aliphatic heterocycles. The number of carbonyl (C=O) groups excluding carboxylic acids is 15. The average Bonchev–Trinajstić information content (AvgIpc) is 1.62. The summed E-state index contributed by atoms with van der Waals surface area (Å²) in [4.78, 5) is 258. The number of para-hydroxylation sites is 1. The number of thioether (sulfide) groups is 1. The molecule has 3 saturated heterocycles. The summed E-state index contributed by atoms with van der Waals surface area (Å²) in [7, 11) is 3.56. The summed E-state index contributed by atoms with van der Waals surface area (Å²) in [5.41, 5.74) is 13.2. The molecule has 0 saturated carbocycles. The van der Waals surface area contributed by atoms with Crippen LogP contribution in [0.5, 0.6) is 5.75 Å². The number of aromatic amines is 1. The van der Waals surface area contributed by atoms with Gasteiger partial charge >= 0.3 is 11.9 Å². The third-order valence-corrected chi connectivity index (χ3v) is 24.6. The third-order valence-electron chi connectivity index (χ3n) is 23.6. The van der Waals surface area contributed by atoms with Gasteiger partial charge in [0.05, 0.1) is 38.0 Å². The van der Waals surface area contributed by atoms with Crippen LogP contribution in [0.25, 0.3) is 10.9 Å². The molecule has 18 N–H and O–H groups in total. The number of ether oxygens (including phenoxy) is 1. The molecule has 39 nitrogen and oxygen atoms in total. The summed E-state index contributed by atoms with van der Waals surface area (Å²) < 4.78 is 50.9. The van der Waals surface area contributed by atoms with Crippen molar-refractivity contribution >= 4 is 123 Å². The van der Waals surface area contributed by atoms with E-state index in [0.717, 1.165) is 31.5 Å². The number of carbonyl (C=O) groups is 17. The Morgan fingerprint density at radius 2 is 1.10 bits per heavy atom. The van der Waals surface area contributed by atoms with Crippen molar-refractivity contribution in [2.75, 3.05) is 72.0 Å². The van der Waals surface area contributed by atoms with Gasteiger partial charge in [-0.1, -0.05) is 125 Å².